The molecule has 0 aliphatic rings. The molecule has 0 aliphatic heterocycles. The summed E-state index contributed by atoms with van der Waals surface area (Å²) < 4.78 is 10.5. The summed E-state index contributed by atoms with van der Waals surface area (Å²) in [6, 6.07) is 7.27. The van der Waals surface area contributed by atoms with Crippen LogP contribution in [-0.4, -0.2) is 38.7 Å². The van der Waals surface area contributed by atoms with Crippen LogP contribution in [0.15, 0.2) is 24.3 Å². The molecular weight excluding hydrogens is 242 g/mol. The van der Waals surface area contributed by atoms with E-state index in [0.717, 1.165) is 18.7 Å². The summed E-state index contributed by atoms with van der Waals surface area (Å²) >= 11 is 0. The van der Waals surface area contributed by atoms with Gasteiger partial charge in [-0.2, -0.15) is 0 Å². The number of benzene rings is 1. The molecule has 1 rings (SSSR count). The van der Waals surface area contributed by atoms with Crippen molar-refractivity contribution in [3.8, 4) is 5.75 Å². The van der Waals surface area contributed by atoms with Crippen LogP contribution < -0.4 is 10.1 Å². The molecule has 0 fully saturated rings. The third-order valence-electron chi connectivity index (χ3n) is 2.54. The van der Waals surface area contributed by atoms with Gasteiger partial charge in [-0.05, 0) is 51.1 Å². The molecule has 0 bridgehead atoms. The number of hydrogen-bond donors (Lipinski definition) is 1. The van der Waals surface area contributed by atoms with Crippen LogP contribution >= 0.6 is 0 Å². The molecule has 0 atom stereocenters. The molecule has 4 heteroatoms. The van der Waals surface area contributed by atoms with E-state index >= 15 is 0 Å². The zero-order chi connectivity index (χ0) is 14.1. The molecule has 1 aromatic rings. The third kappa shape index (κ3) is 6.36. The Morgan fingerprint density at radius 3 is 2.53 bits per heavy atom. The van der Waals surface area contributed by atoms with E-state index in [-0.39, 0.29) is 11.9 Å². The van der Waals surface area contributed by atoms with E-state index in [4.69, 9.17) is 9.47 Å². The first-order chi connectivity index (χ1) is 9.13. The fraction of sp³-hybridized carbons (Fsp3) is 0.533. The van der Waals surface area contributed by atoms with Gasteiger partial charge in [-0.3, -0.25) is 4.79 Å². The van der Waals surface area contributed by atoms with Gasteiger partial charge in [-0.25, -0.2) is 0 Å². The lowest BCUT2D eigenvalue weighted by Crippen LogP contribution is -2.24. The molecule has 0 saturated carbocycles. The first-order valence-electron chi connectivity index (χ1n) is 6.63. The van der Waals surface area contributed by atoms with Crippen molar-refractivity contribution in [1.29, 1.82) is 0 Å². The summed E-state index contributed by atoms with van der Waals surface area (Å²) in [6.07, 6.45) is 1.05. The van der Waals surface area contributed by atoms with Gasteiger partial charge in [0.15, 0.2) is 5.78 Å². The third-order valence-corrected chi connectivity index (χ3v) is 2.54. The number of hydrogen-bond acceptors (Lipinski definition) is 4. The van der Waals surface area contributed by atoms with Crippen molar-refractivity contribution in [2.24, 2.45) is 0 Å². The topological polar surface area (TPSA) is 47.6 Å². The van der Waals surface area contributed by atoms with Crippen LogP contribution in [0.4, 0.5) is 0 Å². The number of ether oxygens (including phenoxy) is 2. The predicted octanol–water partition coefficient (Wildman–Crippen LogP) is 2.28. The lowest BCUT2D eigenvalue weighted by Gasteiger charge is -2.10. The number of carbonyl (C=O) groups excluding carboxylic acids is 1. The Balaban J connectivity index is 2.36. The van der Waals surface area contributed by atoms with Crippen LogP contribution in [0.5, 0.6) is 5.75 Å². The van der Waals surface area contributed by atoms with Gasteiger partial charge in [-0.1, -0.05) is 0 Å². The second kappa shape index (κ2) is 8.67. The molecule has 0 unspecified atom stereocenters. The quantitative estimate of drug-likeness (QED) is 0.549. The molecule has 0 heterocycles. The molecule has 106 valence electrons. The Kier molecular flexibility index (Phi) is 7.15. The zero-order valence-corrected chi connectivity index (χ0v) is 11.9. The number of ketones is 1. The molecule has 1 aromatic carbocycles. The maximum atomic E-state index is 11.9. The van der Waals surface area contributed by atoms with Gasteiger partial charge in [0, 0.05) is 19.3 Å². The van der Waals surface area contributed by atoms with Crippen LogP contribution in [0, 0.1) is 0 Å². The molecule has 0 amide bonds. The number of rotatable bonds is 9. The second-order valence-electron chi connectivity index (χ2n) is 4.64. The first-order valence-corrected chi connectivity index (χ1v) is 6.63. The summed E-state index contributed by atoms with van der Waals surface area (Å²) in [6.45, 7) is 5.80. The molecule has 0 spiro atoms. The molecule has 0 aromatic heterocycles. The summed E-state index contributed by atoms with van der Waals surface area (Å²) in [7, 11) is 1.67. The van der Waals surface area contributed by atoms with Crippen LogP contribution in [0.3, 0.4) is 0 Å². The van der Waals surface area contributed by atoms with E-state index < -0.39 is 0 Å². The smallest absolute Gasteiger partial charge is 0.176 e. The van der Waals surface area contributed by atoms with E-state index in [9.17, 15) is 4.79 Å². The molecule has 0 saturated heterocycles. The van der Waals surface area contributed by atoms with Gasteiger partial charge in [0.1, 0.15) is 5.75 Å². The minimum atomic E-state index is 0.0912. The monoisotopic (exact) mass is 265 g/mol. The van der Waals surface area contributed by atoms with Crippen molar-refractivity contribution >= 4 is 5.78 Å². The van der Waals surface area contributed by atoms with Gasteiger partial charge < -0.3 is 14.8 Å². The highest BCUT2D eigenvalue weighted by Crippen LogP contribution is 2.13. The van der Waals surface area contributed by atoms with Gasteiger partial charge in [0.05, 0.1) is 12.6 Å². The number of methoxy groups -OCH3 is 1. The molecule has 1 N–H and O–H groups in total. The predicted molar refractivity (Wildman–Crippen MR) is 75.9 cm³/mol. The fourth-order valence-corrected chi connectivity index (χ4v) is 1.64. The Hall–Kier alpha value is -1.39. The summed E-state index contributed by atoms with van der Waals surface area (Å²) in [5.41, 5.74) is 0.704. The molecule has 0 aliphatic carbocycles. The first kappa shape index (κ1) is 15.7. The van der Waals surface area contributed by atoms with E-state index in [2.05, 4.69) is 5.32 Å². The Morgan fingerprint density at radius 2 is 1.95 bits per heavy atom. The van der Waals surface area contributed by atoms with E-state index in [1.165, 1.54) is 0 Å². The van der Waals surface area contributed by atoms with Crippen molar-refractivity contribution in [2.45, 2.75) is 26.4 Å². The lowest BCUT2D eigenvalue weighted by molar-refractivity contribution is 0.0990. The van der Waals surface area contributed by atoms with Crippen LogP contribution in [-0.2, 0) is 4.74 Å². The average molecular weight is 265 g/mol. The highest BCUT2D eigenvalue weighted by molar-refractivity contribution is 5.97. The van der Waals surface area contributed by atoms with Gasteiger partial charge >= 0.3 is 0 Å². The van der Waals surface area contributed by atoms with Crippen molar-refractivity contribution in [3.05, 3.63) is 29.8 Å². The van der Waals surface area contributed by atoms with Crippen molar-refractivity contribution in [1.82, 2.24) is 5.32 Å². The maximum absolute atomic E-state index is 11.9. The van der Waals surface area contributed by atoms with Gasteiger partial charge in [-0.15, -0.1) is 0 Å². The second-order valence-corrected chi connectivity index (χ2v) is 4.64. The Bertz CT molecular complexity index is 373. The summed E-state index contributed by atoms with van der Waals surface area (Å²) in [4.78, 5) is 11.9. The Labute approximate surface area is 115 Å². The van der Waals surface area contributed by atoms with Gasteiger partial charge in [0.25, 0.3) is 0 Å². The zero-order valence-electron chi connectivity index (χ0n) is 11.9. The highest BCUT2D eigenvalue weighted by atomic mass is 16.5. The lowest BCUT2D eigenvalue weighted by atomic mass is 10.1. The van der Waals surface area contributed by atoms with Crippen LogP contribution in [0.25, 0.3) is 0 Å². The normalized spacial score (nSPS) is 10.7. The summed E-state index contributed by atoms with van der Waals surface area (Å²) in [5.74, 6) is 0.883. The van der Waals surface area contributed by atoms with Crippen molar-refractivity contribution < 1.29 is 14.3 Å². The van der Waals surface area contributed by atoms with E-state index in [1.54, 1.807) is 19.2 Å². The summed E-state index contributed by atoms with van der Waals surface area (Å²) in [5, 5.41) is 3.10. The van der Waals surface area contributed by atoms with Crippen molar-refractivity contribution in [2.75, 3.05) is 26.8 Å². The highest BCUT2D eigenvalue weighted by Gasteiger charge is 2.05. The minimum absolute atomic E-state index is 0.0912. The Morgan fingerprint density at radius 1 is 1.26 bits per heavy atom. The molecule has 4 nitrogen and oxygen atoms in total. The number of carbonyl (C=O) groups is 1. The van der Waals surface area contributed by atoms with Crippen LogP contribution in [0.1, 0.15) is 30.6 Å². The molecular formula is C15H23NO3. The fourth-order valence-electron chi connectivity index (χ4n) is 1.64. The standard InChI is InChI=1S/C15H23NO3/c1-12(2)19-14-7-5-13(6-8-14)15(17)11-16-9-4-10-18-3/h5-8,12,16H,4,9-11H2,1-3H3. The van der Waals surface area contributed by atoms with E-state index in [0.29, 0.717) is 18.7 Å². The largest absolute Gasteiger partial charge is 0.491 e. The maximum Gasteiger partial charge on any atom is 0.176 e. The number of nitrogens with one attached hydrogen (secondary N) is 1. The van der Waals surface area contributed by atoms with Crippen LogP contribution in [0.2, 0.25) is 0 Å². The average Bonchev–Trinajstić information content (AvgIpc) is 2.38. The molecule has 0 radical (unpaired) electrons. The van der Waals surface area contributed by atoms with Crippen molar-refractivity contribution in [3.63, 3.8) is 0 Å². The molecule has 19 heavy (non-hydrogen) atoms. The van der Waals surface area contributed by atoms with Gasteiger partial charge in [0.2, 0.25) is 0 Å². The number of Topliss-reactive ketones (excluding diaryl/α,β-unsaturated/α-hetero) is 1. The SMILES string of the molecule is COCCCNCC(=O)c1ccc(OC(C)C)cc1. The van der Waals surface area contributed by atoms with E-state index in [1.807, 2.05) is 26.0 Å². The minimum Gasteiger partial charge on any atom is -0.491 e.